The van der Waals surface area contributed by atoms with Crippen molar-refractivity contribution in [3.63, 3.8) is 0 Å². The van der Waals surface area contributed by atoms with Crippen LogP contribution in [-0.2, 0) is 0 Å². The van der Waals surface area contributed by atoms with E-state index >= 15 is 0 Å². The fourth-order valence-corrected chi connectivity index (χ4v) is 4.96. The maximum absolute atomic E-state index is 13.3. The van der Waals surface area contributed by atoms with Gasteiger partial charge in [-0.25, -0.2) is 9.97 Å². The SMILES string of the molecule is O=c1c2ccccc2c(=O)c2c1ccc1nc3c(ccc4c(=O)c5ccccc5c(=O)c43)nc12. The molecule has 0 N–H and O–H groups in total. The summed E-state index contributed by atoms with van der Waals surface area (Å²) in [4.78, 5) is 62.2. The van der Waals surface area contributed by atoms with Crippen LogP contribution in [0.25, 0.3) is 65.2 Å². The largest absolute Gasteiger partial charge is 0.289 e. The van der Waals surface area contributed by atoms with Gasteiger partial charge in [0, 0.05) is 32.3 Å². The Kier molecular flexibility index (Phi) is 3.50. The zero-order valence-corrected chi connectivity index (χ0v) is 17.5. The Bertz CT molecular complexity index is 2100. The number of hydrogen-bond acceptors (Lipinski definition) is 6. The van der Waals surface area contributed by atoms with Crippen molar-refractivity contribution in [2.24, 2.45) is 0 Å². The van der Waals surface area contributed by atoms with Crippen molar-refractivity contribution in [2.75, 3.05) is 0 Å². The van der Waals surface area contributed by atoms with Gasteiger partial charge in [0.15, 0.2) is 21.7 Å². The predicted octanol–water partition coefficient (Wildman–Crippen LogP) is 3.71. The van der Waals surface area contributed by atoms with E-state index < -0.39 is 0 Å². The summed E-state index contributed by atoms with van der Waals surface area (Å²) < 4.78 is 0. The molecule has 0 spiro atoms. The molecule has 0 saturated heterocycles. The Morgan fingerprint density at radius 2 is 0.735 bits per heavy atom. The molecule has 1 heterocycles. The topological polar surface area (TPSA) is 94.1 Å². The van der Waals surface area contributed by atoms with Gasteiger partial charge in [0.25, 0.3) is 0 Å². The summed E-state index contributed by atoms with van der Waals surface area (Å²) in [6.45, 7) is 0. The summed E-state index contributed by atoms with van der Waals surface area (Å²) in [6.07, 6.45) is 0. The van der Waals surface area contributed by atoms with E-state index in [1.54, 1.807) is 72.8 Å². The van der Waals surface area contributed by atoms with Gasteiger partial charge < -0.3 is 0 Å². The number of rotatable bonds is 0. The van der Waals surface area contributed by atoms with Gasteiger partial charge in [-0.15, -0.1) is 0 Å². The summed E-state index contributed by atoms with van der Waals surface area (Å²) in [7, 11) is 0. The minimum Gasteiger partial charge on any atom is -0.289 e. The zero-order chi connectivity index (χ0) is 23.1. The molecule has 6 heteroatoms. The van der Waals surface area contributed by atoms with Crippen LogP contribution in [0.15, 0.2) is 92.0 Å². The third-order valence-corrected chi connectivity index (χ3v) is 6.55. The van der Waals surface area contributed by atoms with Crippen molar-refractivity contribution in [2.45, 2.75) is 0 Å². The molecule has 0 aliphatic heterocycles. The van der Waals surface area contributed by atoms with E-state index in [9.17, 15) is 19.2 Å². The molecule has 0 bridgehead atoms. The molecule has 0 fully saturated rings. The van der Waals surface area contributed by atoms with Gasteiger partial charge in [-0.1, -0.05) is 48.5 Å². The second-order valence-electron chi connectivity index (χ2n) is 8.34. The fourth-order valence-electron chi connectivity index (χ4n) is 4.96. The van der Waals surface area contributed by atoms with Crippen LogP contribution in [-0.4, -0.2) is 9.97 Å². The van der Waals surface area contributed by atoms with Crippen molar-refractivity contribution in [3.8, 4) is 0 Å². The Balaban J connectivity index is 1.72. The molecule has 0 radical (unpaired) electrons. The maximum Gasteiger partial charge on any atom is 0.196 e. The highest BCUT2D eigenvalue weighted by molar-refractivity contribution is 6.14. The van der Waals surface area contributed by atoms with Gasteiger partial charge in [-0.3, -0.25) is 19.2 Å². The minimum absolute atomic E-state index is 0.209. The minimum atomic E-state index is -0.289. The first-order chi connectivity index (χ1) is 16.5. The van der Waals surface area contributed by atoms with E-state index in [-0.39, 0.29) is 43.3 Å². The van der Waals surface area contributed by atoms with Gasteiger partial charge >= 0.3 is 0 Å². The molecule has 158 valence electrons. The molecule has 0 aliphatic carbocycles. The number of nitrogens with zero attached hydrogens (tertiary/aromatic N) is 2. The summed E-state index contributed by atoms with van der Waals surface area (Å²) in [5.74, 6) is 0. The fraction of sp³-hybridized carbons (Fsp3) is 0. The lowest BCUT2D eigenvalue weighted by Crippen LogP contribution is -2.14. The molecule has 0 amide bonds. The lowest BCUT2D eigenvalue weighted by atomic mass is 9.99. The molecule has 0 aliphatic rings. The average Bonchev–Trinajstić information content (AvgIpc) is 2.88. The van der Waals surface area contributed by atoms with Crippen molar-refractivity contribution >= 4 is 65.2 Å². The van der Waals surface area contributed by atoms with Gasteiger partial charge in [0.05, 0.1) is 21.8 Å². The Labute approximate surface area is 189 Å². The third-order valence-electron chi connectivity index (χ3n) is 6.55. The van der Waals surface area contributed by atoms with E-state index in [0.29, 0.717) is 43.6 Å². The summed E-state index contributed by atoms with van der Waals surface area (Å²) >= 11 is 0. The van der Waals surface area contributed by atoms with Crippen LogP contribution in [0.5, 0.6) is 0 Å². The van der Waals surface area contributed by atoms with Crippen LogP contribution < -0.4 is 21.7 Å². The van der Waals surface area contributed by atoms with Crippen LogP contribution >= 0.6 is 0 Å². The second-order valence-corrected chi connectivity index (χ2v) is 8.34. The molecule has 1 aromatic heterocycles. The number of benzene rings is 6. The van der Waals surface area contributed by atoms with Crippen LogP contribution in [0.1, 0.15) is 0 Å². The average molecular weight is 440 g/mol. The molecule has 0 saturated carbocycles. The van der Waals surface area contributed by atoms with Crippen molar-refractivity contribution in [3.05, 3.63) is 114 Å². The molecular formula is C28H12N2O4. The van der Waals surface area contributed by atoms with Gasteiger partial charge in [0.1, 0.15) is 11.0 Å². The van der Waals surface area contributed by atoms with Crippen molar-refractivity contribution in [1.29, 1.82) is 0 Å². The third kappa shape index (κ3) is 2.24. The standard InChI is InChI=1S/C28H12N2O4/c31-25-13-5-1-3-7-15(13)27(33)21-17(25)9-11-19-23(21)29-20-12-10-18-22(24(20)30-19)28(34)16-8-4-2-6-14(16)26(18)32/h1-12H. The first kappa shape index (κ1) is 18.7. The van der Waals surface area contributed by atoms with Gasteiger partial charge in [0.2, 0.25) is 0 Å². The van der Waals surface area contributed by atoms with Gasteiger partial charge in [-0.05, 0) is 24.3 Å². The van der Waals surface area contributed by atoms with Gasteiger partial charge in [-0.2, -0.15) is 0 Å². The Hall–Kier alpha value is -4.84. The highest BCUT2D eigenvalue weighted by atomic mass is 16.1. The molecule has 7 rings (SSSR count). The van der Waals surface area contributed by atoms with Crippen LogP contribution in [0.3, 0.4) is 0 Å². The van der Waals surface area contributed by atoms with E-state index in [2.05, 4.69) is 9.97 Å². The zero-order valence-electron chi connectivity index (χ0n) is 17.5. The number of hydrogen-bond donors (Lipinski definition) is 0. The molecule has 7 aromatic rings. The van der Waals surface area contributed by atoms with Crippen molar-refractivity contribution in [1.82, 2.24) is 9.97 Å². The van der Waals surface area contributed by atoms with Crippen LogP contribution in [0.4, 0.5) is 0 Å². The Morgan fingerprint density at radius 3 is 1.12 bits per heavy atom. The smallest absolute Gasteiger partial charge is 0.196 e. The molecule has 0 unspecified atom stereocenters. The summed E-state index contributed by atoms with van der Waals surface area (Å²) in [5, 5.41) is 2.37. The first-order valence-corrected chi connectivity index (χ1v) is 10.7. The maximum atomic E-state index is 13.3. The number of fused-ring (bicyclic) bond motifs is 8. The van der Waals surface area contributed by atoms with Crippen molar-refractivity contribution < 1.29 is 0 Å². The highest BCUT2D eigenvalue weighted by Crippen LogP contribution is 2.26. The van der Waals surface area contributed by atoms with E-state index in [4.69, 9.17) is 0 Å². The molecular weight excluding hydrogens is 428 g/mol. The normalized spacial score (nSPS) is 12.0. The van der Waals surface area contributed by atoms with E-state index in [1.807, 2.05) is 0 Å². The Morgan fingerprint density at radius 1 is 0.382 bits per heavy atom. The monoisotopic (exact) mass is 440 g/mol. The second kappa shape index (κ2) is 6.36. The molecule has 6 nitrogen and oxygen atoms in total. The van der Waals surface area contributed by atoms with E-state index in [1.165, 1.54) is 0 Å². The van der Waals surface area contributed by atoms with Crippen LogP contribution in [0.2, 0.25) is 0 Å². The number of aromatic nitrogens is 2. The quantitative estimate of drug-likeness (QED) is 0.264. The van der Waals surface area contributed by atoms with Crippen LogP contribution in [0, 0.1) is 0 Å². The highest BCUT2D eigenvalue weighted by Gasteiger charge is 2.18. The lowest BCUT2D eigenvalue weighted by Gasteiger charge is -2.08. The molecule has 34 heavy (non-hydrogen) atoms. The first-order valence-electron chi connectivity index (χ1n) is 10.7. The van der Waals surface area contributed by atoms with E-state index in [0.717, 1.165) is 0 Å². The lowest BCUT2D eigenvalue weighted by molar-refractivity contribution is 1.41. The summed E-state index contributed by atoms with van der Waals surface area (Å²) in [6, 6.07) is 19.8. The predicted molar refractivity (Wildman–Crippen MR) is 135 cm³/mol. The molecule has 0 atom stereocenters. The summed E-state index contributed by atoms with van der Waals surface area (Å²) in [5.41, 5.74) is 0.290. The molecule has 6 aromatic carbocycles.